The molecule has 2 aliphatic rings. The SMILES string of the molecule is CC/C=C\C/C=C\C/C=C\C/C=C\C/C=C\C/C=C\C/C=C\C/C=C\CCCCCCCCC(=O)NC(COC1OC(CO)C(OC2OC(CO)C(O)C(O)C2O)C(O)C1O)C(O)/C=C/CC/C=C/CCC. The lowest BCUT2D eigenvalue weighted by molar-refractivity contribution is -0.359. The number of hydrogen-bond donors (Lipinski definition) is 9. The molecule has 9 N–H and O–H groups in total. The summed E-state index contributed by atoms with van der Waals surface area (Å²) in [4.78, 5) is 13.1. The minimum Gasteiger partial charge on any atom is -0.394 e. The van der Waals surface area contributed by atoms with Crippen molar-refractivity contribution in [2.45, 2.75) is 216 Å². The number of allylic oxidation sites excluding steroid dienone is 19. The van der Waals surface area contributed by atoms with Crippen LogP contribution in [0.1, 0.15) is 142 Å². The summed E-state index contributed by atoms with van der Waals surface area (Å²) in [5.74, 6) is -0.276. The van der Waals surface area contributed by atoms with E-state index in [-0.39, 0.29) is 18.9 Å². The first kappa shape index (κ1) is 64.5. The molecule has 2 fully saturated rings. The van der Waals surface area contributed by atoms with Gasteiger partial charge in [0.15, 0.2) is 12.6 Å². The van der Waals surface area contributed by atoms with Crippen molar-refractivity contribution >= 4 is 5.91 Å². The third-order valence-electron chi connectivity index (χ3n) is 12.1. The number of aliphatic hydroxyl groups excluding tert-OH is 8. The second-order valence-electron chi connectivity index (χ2n) is 18.3. The quantitative estimate of drug-likeness (QED) is 0.0211. The summed E-state index contributed by atoms with van der Waals surface area (Å²) in [6, 6.07) is -0.945. The van der Waals surface area contributed by atoms with E-state index in [0.29, 0.717) is 12.8 Å². The molecular weight excluding hydrogens is 919 g/mol. The average molecular weight is 1010 g/mol. The summed E-state index contributed by atoms with van der Waals surface area (Å²) in [6.07, 6.45) is 44.3. The van der Waals surface area contributed by atoms with Crippen LogP contribution in [-0.4, -0.2) is 140 Å². The second-order valence-corrected chi connectivity index (χ2v) is 18.3. The van der Waals surface area contributed by atoms with Gasteiger partial charge in [-0.1, -0.05) is 167 Å². The first-order valence-electron chi connectivity index (χ1n) is 26.8. The van der Waals surface area contributed by atoms with Gasteiger partial charge in [0.25, 0.3) is 0 Å². The fourth-order valence-corrected chi connectivity index (χ4v) is 7.80. The lowest BCUT2D eigenvalue weighted by atomic mass is 9.97. The molecule has 0 aromatic rings. The molecule has 408 valence electrons. The first-order chi connectivity index (χ1) is 35.1. The van der Waals surface area contributed by atoms with Crippen molar-refractivity contribution in [2.75, 3.05) is 19.8 Å². The Balaban J connectivity index is 1.68. The van der Waals surface area contributed by atoms with Crippen LogP contribution in [0.15, 0.2) is 122 Å². The van der Waals surface area contributed by atoms with E-state index in [1.54, 1.807) is 6.08 Å². The van der Waals surface area contributed by atoms with Crippen molar-refractivity contribution in [2.24, 2.45) is 0 Å². The number of ether oxygens (including phenoxy) is 4. The first-order valence-corrected chi connectivity index (χ1v) is 26.8. The van der Waals surface area contributed by atoms with Crippen LogP contribution in [0.25, 0.3) is 0 Å². The van der Waals surface area contributed by atoms with Gasteiger partial charge < -0.3 is 65.1 Å². The number of nitrogens with one attached hydrogen (secondary N) is 1. The molecule has 12 atom stereocenters. The van der Waals surface area contributed by atoms with Gasteiger partial charge in [0.05, 0.1) is 32.0 Å². The monoisotopic (exact) mass is 1010 g/mol. The van der Waals surface area contributed by atoms with Crippen LogP contribution in [0.2, 0.25) is 0 Å². The highest BCUT2D eigenvalue weighted by molar-refractivity contribution is 5.76. The van der Waals surface area contributed by atoms with E-state index >= 15 is 0 Å². The van der Waals surface area contributed by atoms with Crippen molar-refractivity contribution in [1.82, 2.24) is 5.32 Å². The Kier molecular flexibility index (Phi) is 38.3. The van der Waals surface area contributed by atoms with Crippen LogP contribution in [0.4, 0.5) is 0 Å². The fraction of sp³-hybridized carbons (Fsp3) is 0.638. The second kappa shape index (κ2) is 42.7. The molecule has 12 unspecified atom stereocenters. The Hall–Kier alpha value is -3.61. The summed E-state index contributed by atoms with van der Waals surface area (Å²) < 4.78 is 22.6. The van der Waals surface area contributed by atoms with Gasteiger partial charge in [0, 0.05) is 6.42 Å². The smallest absolute Gasteiger partial charge is 0.220 e. The molecule has 2 rings (SSSR count). The largest absolute Gasteiger partial charge is 0.394 e. The van der Waals surface area contributed by atoms with E-state index in [9.17, 15) is 45.6 Å². The van der Waals surface area contributed by atoms with E-state index in [1.165, 1.54) is 0 Å². The highest BCUT2D eigenvalue weighted by Crippen LogP contribution is 2.30. The molecule has 72 heavy (non-hydrogen) atoms. The molecule has 0 saturated carbocycles. The van der Waals surface area contributed by atoms with Gasteiger partial charge in [-0.2, -0.15) is 0 Å². The number of hydrogen-bond acceptors (Lipinski definition) is 13. The molecule has 14 heteroatoms. The lowest BCUT2D eigenvalue weighted by Crippen LogP contribution is -2.65. The number of rotatable bonds is 39. The Morgan fingerprint density at radius 3 is 1.51 bits per heavy atom. The highest BCUT2D eigenvalue weighted by Gasteiger charge is 2.51. The molecule has 0 radical (unpaired) electrons. The summed E-state index contributed by atoms with van der Waals surface area (Å²) in [5, 5.41) is 86.4. The van der Waals surface area contributed by atoms with E-state index in [4.69, 9.17) is 18.9 Å². The number of unbranched alkanes of at least 4 members (excludes halogenated alkanes) is 8. The Morgan fingerprint density at radius 1 is 0.514 bits per heavy atom. The Labute approximate surface area is 431 Å². The molecule has 1 amide bonds. The zero-order valence-corrected chi connectivity index (χ0v) is 43.4. The maximum absolute atomic E-state index is 13.1. The molecule has 14 nitrogen and oxygen atoms in total. The maximum atomic E-state index is 13.1. The predicted molar refractivity (Wildman–Crippen MR) is 285 cm³/mol. The number of amides is 1. The van der Waals surface area contributed by atoms with Crippen LogP contribution in [0.5, 0.6) is 0 Å². The van der Waals surface area contributed by atoms with Gasteiger partial charge in [-0.15, -0.1) is 0 Å². The summed E-state index contributed by atoms with van der Waals surface area (Å²) in [7, 11) is 0. The van der Waals surface area contributed by atoms with Gasteiger partial charge in [-0.05, 0) is 89.9 Å². The van der Waals surface area contributed by atoms with Crippen LogP contribution in [0, 0.1) is 0 Å². The van der Waals surface area contributed by atoms with Crippen LogP contribution >= 0.6 is 0 Å². The molecule has 0 aromatic carbocycles. The highest BCUT2D eigenvalue weighted by atomic mass is 16.7. The zero-order chi connectivity index (χ0) is 52.4. The molecule has 2 heterocycles. The number of aliphatic hydroxyl groups is 8. The van der Waals surface area contributed by atoms with Crippen molar-refractivity contribution in [1.29, 1.82) is 0 Å². The third-order valence-corrected chi connectivity index (χ3v) is 12.1. The summed E-state index contributed by atoms with van der Waals surface area (Å²) in [5.41, 5.74) is 0. The fourth-order valence-electron chi connectivity index (χ4n) is 7.80. The van der Waals surface area contributed by atoms with Crippen molar-refractivity contribution in [3.63, 3.8) is 0 Å². The number of carbonyl (C=O) groups is 1. The summed E-state index contributed by atoms with van der Waals surface area (Å²) >= 11 is 0. The van der Waals surface area contributed by atoms with Crippen LogP contribution in [-0.2, 0) is 23.7 Å². The molecule has 0 aliphatic carbocycles. The van der Waals surface area contributed by atoms with Gasteiger partial charge in [-0.3, -0.25) is 4.79 Å². The minimum absolute atomic E-state index is 0.246. The van der Waals surface area contributed by atoms with E-state index in [2.05, 4.69) is 129 Å². The minimum atomic E-state index is -1.80. The third kappa shape index (κ3) is 28.7. The van der Waals surface area contributed by atoms with Gasteiger partial charge in [0.2, 0.25) is 5.91 Å². The van der Waals surface area contributed by atoms with Crippen molar-refractivity contribution < 1.29 is 64.6 Å². The standard InChI is InChI=1S/C58H93NO13/c1-3-5-7-9-11-12-13-14-15-16-17-18-19-20-21-22-23-24-25-26-27-28-29-30-31-32-33-34-36-38-40-42-50(63)59-46(47(62)41-39-37-35-10-8-6-4-2)45-69-57-55(68)53(66)56(49(44-61)71-57)72-58-54(67)52(65)51(64)48(43-60)70-58/h5,7-8,10-12,14-15,17-18,20-21,23-24,26-27,29-30,39,41,46-49,51-58,60-62,64-68H,3-4,6,9,13,16,19,22,25,28,31-38,40,42-45H2,1-2H3,(H,59,63)/b7-5-,10-8+,12-11-,15-14-,18-17-,21-20-,24-23-,27-26-,30-29-,41-39+. The molecule has 0 aromatic heterocycles. The predicted octanol–water partition coefficient (Wildman–Crippen LogP) is 7.88. The number of carbonyl (C=O) groups excluding carboxylic acids is 1. The Bertz CT molecular complexity index is 1670. The van der Waals surface area contributed by atoms with E-state index in [1.807, 2.05) is 6.08 Å². The molecular formula is C58H93NO13. The topological polar surface area (TPSA) is 228 Å². The average Bonchev–Trinajstić information content (AvgIpc) is 3.38. The zero-order valence-electron chi connectivity index (χ0n) is 43.4. The van der Waals surface area contributed by atoms with Gasteiger partial charge in [-0.25, -0.2) is 0 Å². The maximum Gasteiger partial charge on any atom is 0.220 e. The lowest BCUT2D eigenvalue weighted by Gasteiger charge is -2.46. The molecule has 2 aliphatic heterocycles. The molecule has 0 spiro atoms. The summed E-state index contributed by atoms with van der Waals surface area (Å²) in [6.45, 7) is 2.49. The Morgan fingerprint density at radius 2 is 0.972 bits per heavy atom. The van der Waals surface area contributed by atoms with Gasteiger partial charge >= 0.3 is 0 Å². The van der Waals surface area contributed by atoms with E-state index < -0.39 is 86.8 Å². The molecule has 2 saturated heterocycles. The van der Waals surface area contributed by atoms with Crippen molar-refractivity contribution in [3.05, 3.63) is 122 Å². The van der Waals surface area contributed by atoms with Crippen molar-refractivity contribution in [3.8, 4) is 0 Å². The van der Waals surface area contributed by atoms with Crippen LogP contribution in [0.3, 0.4) is 0 Å². The van der Waals surface area contributed by atoms with Crippen LogP contribution < -0.4 is 5.32 Å². The molecule has 0 bridgehead atoms. The van der Waals surface area contributed by atoms with E-state index in [0.717, 1.165) is 109 Å². The normalized spacial score (nSPS) is 26.6. The van der Waals surface area contributed by atoms with Gasteiger partial charge in [0.1, 0.15) is 48.8 Å².